The first-order valence-electron chi connectivity index (χ1n) is 8.48. The van der Waals surface area contributed by atoms with E-state index in [-0.39, 0.29) is 4.90 Å². The SMILES string of the molecule is CC(C)c1ccc(N2CCN(S(=O)(=O)c3cccc(Cl)c3)CC2)cc1. The lowest BCUT2D eigenvalue weighted by atomic mass is 10.0. The first kappa shape index (κ1) is 18.2. The van der Waals surface area contributed by atoms with Crippen molar-refractivity contribution in [1.82, 2.24) is 4.31 Å². The van der Waals surface area contributed by atoms with E-state index in [9.17, 15) is 8.42 Å². The van der Waals surface area contributed by atoms with E-state index >= 15 is 0 Å². The number of sulfonamides is 1. The average Bonchev–Trinajstić information content (AvgIpc) is 2.62. The monoisotopic (exact) mass is 378 g/mol. The van der Waals surface area contributed by atoms with E-state index in [1.165, 1.54) is 15.9 Å². The molecule has 0 saturated carbocycles. The third kappa shape index (κ3) is 4.00. The molecule has 3 rings (SSSR count). The van der Waals surface area contributed by atoms with Crippen molar-refractivity contribution < 1.29 is 8.42 Å². The molecule has 1 aliphatic heterocycles. The van der Waals surface area contributed by atoms with Crippen molar-refractivity contribution in [2.24, 2.45) is 0 Å². The second-order valence-corrected chi connectivity index (χ2v) is 8.97. The molecule has 0 radical (unpaired) electrons. The summed E-state index contributed by atoms with van der Waals surface area (Å²) in [4.78, 5) is 2.49. The van der Waals surface area contributed by atoms with Crippen LogP contribution in [0.15, 0.2) is 53.4 Å². The summed E-state index contributed by atoms with van der Waals surface area (Å²) in [5, 5.41) is 0.435. The molecule has 2 aromatic carbocycles. The Labute approximate surface area is 155 Å². The average molecular weight is 379 g/mol. The molecule has 0 spiro atoms. The molecule has 25 heavy (non-hydrogen) atoms. The molecule has 2 aromatic rings. The van der Waals surface area contributed by atoms with Gasteiger partial charge < -0.3 is 4.90 Å². The number of anilines is 1. The van der Waals surface area contributed by atoms with Gasteiger partial charge in [0.05, 0.1) is 4.90 Å². The van der Waals surface area contributed by atoms with Gasteiger partial charge in [-0.25, -0.2) is 8.42 Å². The van der Waals surface area contributed by atoms with Gasteiger partial charge in [0.15, 0.2) is 0 Å². The third-order valence-electron chi connectivity index (χ3n) is 4.60. The van der Waals surface area contributed by atoms with Crippen LogP contribution in [0.3, 0.4) is 0 Å². The molecule has 0 bridgehead atoms. The molecule has 0 N–H and O–H groups in total. The van der Waals surface area contributed by atoms with E-state index in [0.29, 0.717) is 37.1 Å². The highest BCUT2D eigenvalue weighted by Gasteiger charge is 2.28. The van der Waals surface area contributed by atoms with E-state index in [4.69, 9.17) is 11.6 Å². The maximum absolute atomic E-state index is 12.8. The molecule has 1 heterocycles. The molecule has 6 heteroatoms. The van der Waals surface area contributed by atoms with Gasteiger partial charge in [-0.15, -0.1) is 0 Å². The van der Waals surface area contributed by atoms with Gasteiger partial charge in [-0.2, -0.15) is 4.31 Å². The fraction of sp³-hybridized carbons (Fsp3) is 0.368. The van der Waals surface area contributed by atoms with Gasteiger partial charge in [-0.3, -0.25) is 0 Å². The van der Waals surface area contributed by atoms with Crippen LogP contribution in [0.5, 0.6) is 0 Å². The molecule has 0 aliphatic carbocycles. The molecular weight excluding hydrogens is 356 g/mol. The summed E-state index contributed by atoms with van der Waals surface area (Å²) in [6, 6.07) is 15.0. The van der Waals surface area contributed by atoms with Crippen LogP contribution in [0.2, 0.25) is 5.02 Å². The summed E-state index contributed by atoms with van der Waals surface area (Å²) in [6.07, 6.45) is 0. The van der Waals surface area contributed by atoms with Crippen LogP contribution in [-0.2, 0) is 10.0 Å². The van der Waals surface area contributed by atoms with Gasteiger partial charge in [0.25, 0.3) is 0 Å². The van der Waals surface area contributed by atoms with Crippen molar-refractivity contribution in [3.8, 4) is 0 Å². The largest absolute Gasteiger partial charge is 0.369 e. The Kier molecular flexibility index (Phi) is 5.37. The third-order valence-corrected chi connectivity index (χ3v) is 6.73. The first-order chi connectivity index (χ1) is 11.9. The van der Waals surface area contributed by atoms with Gasteiger partial charge >= 0.3 is 0 Å². The predicted molar refractivity (Wildman–Crippen MR) is 103 cm³/mol. The molecule has 1 aliphatic rings. The minimum atomic E-state index is -3.49. The Hall–Kier alpha value is -1.56. The molecule has 0 amide bonds. The van der Waals surface area contributed by atoms with Gasteiger partial charge in [0.2, 0.25) is 10.0 Å². The standard InChI is InChI=1S/C19H23ClN2O2S/c1-15(2)16-6-8-18(9-7-16)21-10-12-22(13-11-21)25(23,24)19-5-3-4-17(20)14-19/h3-9,14-15H,10-13H2,1-2H3. The van der Waals surface area contributed by atoms with Gasteiger partial charge in [-0.1, -0.05) is 43.6 Å². The van der Waals surface area contributed by atoms with Crippen LogP contribution >= 0.6 is 11.6 Å². The molecule has 0 atom stereocenters. The predicted octanol–water partition coefficient (Wildman–Crippen LogP) is 3.97. The smallest absolute Gasteiger partial charge is 0.243 e. The van der Waals surface area contributed by atoms with Gasteiger partial charge in [0, 0.05) is 36.9 Å². The van der Waals surface area contributed by atoms with Crippen LogP contribution < -0.4 is 4.90 Å². The summed E-state index contributed by atoms with van der Waals surface area (Å²) in [6.45, 7) is 6.66. The summed E-state index contributed by atoms with van der Waals surface area (Å²) in [5.41, 5.74) is 2.45. The lowest BCUT2D eigenvalue weighted by Gasteiger charge is -2.35. The normalized spacial score (nSPS) is 16.4. The van der Waals surface area contributed by atoms with Crippen molar-refractivity contribution in [3.05, 3.63) is 59.1 Å². The van der Waals surface area contributed by atoms with Crippen molar-refractivity contribution in [1.29, 1.82) is 0 Å². The van der Waals surface area contributed by atoms with Crippen LogP contribution in [0.1, 0.15) is 25.3 Å². The minimum Gasteiger partial charge on any atom is -0.369 e. The van der Waals surface area contributed by atoms with Crippen molar-refractivity contribution >= 4 is 27.3 Å². The Balaban J connectivity index is 1.69. The number of rotatable bonds is 4. The molecule has 1 fully saturated rings. The van der Waals surface area contributed by atoms with Gasteiger partial charge in [-0.05, 0) is 41.8 Å². The maximum Gasteiger partial charge on any atom is 0.243 e. The Bertz CT molecular complexity index is 827. The van der Waals surface area contributed by atoms with E-state index < -0.39 is 10.0 Å². The molecule has 4 nitrogen and oxygen atoms in total. The Morgan fingerprint density at radius 3 is 2.16 bits per heavy atom. The van der Waals surface area contributed by atoms with Crippen LogP contribution in [-0.4, -0.2) is 38.9 Å². The highest BCUT2D eigenvalue weighted by atomic mass is 35.5. The second-order valence-electron chi connectivity index (χ2n) is 6.59. The molecular formula is C19H23ClN2O2S. The number of hydrogen-bond donors (Lipinski definition) is 0. The summed E-state index contributed by atoms with van der Waals surface area (Å²) >= 11 is 5.94. The van der Waals surface area contributed by atoms with E-state index in [0.717, 1.165) is 5.69 Å². The summed E-state index contributed by atoms with van der Waals surface area (Å²) < 4.78 is 27.0. The second kappa shape index (κ2) is 7.36. The highest BCUT2D eigenvalue weighted by molar-refractivity contribution is 7.89. The topological polar surface area (TPSA) is 40.6 Å². The van der Waals surface area contributed by atoms with Crippen molar-refractivity contribution in [2.75, 3.05) is 31.1 Å². The lowest BCUT2D eigenvalue weighted by Crippen LogP contribution is -2.48. The molecule has 0 unspecified atom stereocenters. The van der Waals surface area contributed by atoms with Crippen LogP contribution in [0.4, 0.5) is 5.69 Å². The van der Waals surface area contributed by atoms with Crippen LogP contribution in [0, 0.1) is 0 Å². The van der Waals surface area contributed by atoms with Crippen molar-refractivity contribution in [2.45, 2.75) is 24.7 Å². The van der Waals surface area contributed by atoms with E-state index in [1.54, 1.807) is 18.2 Å². The number of halogens is 1. The quantitative estimate of drug-likeness (QED) is 0.808. The fourth-order valence-electron chi connectivity index (χ4n) is 3.03. The zero-order chi connectivity index (χ0) is 18.0. The number of nitrogens with zero attached hydrogens (tertiary/aromatic N) is 2. The Morgan fingerprint density at radius 2 is 1.60 bits per heavy atom. The zero-order valence-corrected chi connectivity index (χ0v) is 16.1. The number of benzene rings is 2. The summed E-state index contributed by atoms with van der Waals surface area (Å²) in [7, 11) is -3.49. The van der Waals surface area contributed by atoms with E-state index in [1.807, 2.05) is 0 Å². The minimum absolute atomic E-state index is 0.259. The molecule has 134 valence electrons. The van der Waals surface area contributed by atoms with Crippen LogP contribution in [0.25, 0.3) is 0 Å². The lowest BCUT2D eigenvalue weighted by molar-refractivity contribution is 0.385. The molecule has 0 aromatic heterocycles. The number of hydrogen-bond acceptors (Lipinski definition) is 3. The zero-order valence-electron chi connectivity index (χ0n) is 14.5. The first-order valence-corrected chi connectivity index (χ1v) is 10.3. The highest BCUT2D eigenvalue weighted by Crippen LogP contribution is 2.24. The maximum atomic E-state index is 12.8. The van der Waals surface area contributed by atoms with E-state index in [2.05, 4.69) is 43.0 Å². The fourth-order valence-corrected chi connectivity index (χ4v) is 4.76. The summed E-state index contributed by atoms with van der Waals surface area (Å²) in [5.74, 6) is 0.508. The van der Waals surface area contributed by atoms with Crippen molar-refractivity contribution in [3.63, 3.8) is 0 Å². The van der Waals surface area contributed by atoms with Gasteiger partial charge in [0.1, 0.15) is 0 Å². The number of piperazine rings is 1. The molecule has 1 saturated heterocycles. The Morgan fingerprint density at radius 1 is 0.960 bits per heavy atom.